The number of phenols is 1. The molecule has 0 saturated carbocycles. The van der Waals surface area contributed by atoms with Crippen LogP contribution in [0.2, 0.25) is 0 Å². The number of alkyl halides is 4. The predicted molar refractivity (Wildman–Crippen MR) is 139 cm³/mol. The second-order valence-electron chi connectivity index (χ2n) is 9.25. The summed E-state index contributed by atoms with van der Waals surface area (Å²) in [4.78, 5) is 13.6. The highest BCUT2D eigenvalue weighted by Crippen LogP contribution is 2.31. The summed E-state index contributed by atoms with van der Waals surface area (Å²) < 4.78 is 56.1. The summed E-state index contributed by atoms with van der Waals surface area (Å²) in [5, 5.41) is 19.2. The molecule has 1 aliphatic heterocycles. The Hall–Kier alpha value is -3.91. The molecule has 202 valence electrons. The number of hydrogen-bond donors (Lipinski definition) is 4. The van der Waals surface area contributed by atoms with E-state index in [1.807, 2.05) is 11.9 Å². The van der Waals surface area contributed by atoms with Gasteiger partial charge in [-0.3, -0.25) is 4.79 Å². The van der Waals surface area contributed by atoms with Crippen molar-refractivity contribution in [2.45, 2.75) is 31.4 Å². The van der Waals surface area contributed by atoms with Gasteiger partial charge in [-0.25, -0.2) is 4.39 Å². The van der Waals surface area contributed by atoms with E-state index in [-0.39, 0.29) is 36.0 Å². The number of carbonyl (C=O) groups is 1. The molecule has 1 aromatic heterocycles. The average molecular weight is 532 g/mol. The van der Waals surface area contributed by atoms with Gasteiger partial charge in [0.15, 0.2) is 0 Å². The Morgan fingerprint density at radius 2 is 1.97 bits per heavy atom. The molecule has 38 heavy (non-hydrogen) atoms. The molecule has 2 atom stereocenters. The first-order valence-electron chi connectivity index (χ1n) is 12.1. The number of likely N-dealkylation sites (tertiary alicyclic amines) is 1. The fraction of sp³-hybridized carbons (Fsp3) is 0.370. The monoisotopic (exact) mass is 531 g/mol. The van der Waals surface area contributed by atoms with Crippen LogP contribution in [-0.4, -0.2) is 72.6 Å². The molecule has 1 amide bonds. The van der Waals surface area contributed by atoms with Crippen LogP contribution in [0, 0.1) is 11.8 Å². The molecule has 2 heterocycles. The van der Waals surface area contributed by atoms with Crippen molar-refractivity contribution >= 4 is 28.2 Å². The predicted octanol–water partition coefficient (Wildman–Crippen LogP) is 4.19. The molecule has 7 nitrogen and oxygen atoms in total. The number of aromatic nitrogens is 1. The van der Waals surface area contributed by atoms with Gasteiger partial charge in [-0.15, -0.1) is 0 Å². The van der Waals surface area contributed by atoms with E-state index in [2.05, 4.69) is 27.8 Å². The summed E-state index contributed by atoms with van der Waals surface area (Å²) in [7, 11) is 3.33. The van der Waals surface area contributed by atoms with Gasteiger partial charge in [0.1, 0.15) is 18.5 Å². The number of anilines is 2. The van der Waals surface area contributed by atoms with E-state index in [1.165, 1.54) is 25.2 Å². The zero-order chi connectivity index (χ0) is 27.4. The number of hydrogen-bond acceptors (Lipinski definition) is 5. The van der Waals surface area contributed by atoms with Crippen LogP contribution < -0.4 is 16.0 Å². The summed E-state index contributed by atoms with van der Waals surface area (Å²) in [6.45, 7) is -0.183. The third-order valence-corrected chi connectivity index (χ3v) is 6.44. The van der Waals surface area contributed by atoms with Gasteiger partial charge >= 0.3 is 6.18 Å². The first kappa shape index (κ1) is 27.1. The van der Waals surface area contributed by atoms with Crippen molar-refractivity contribution in [1.82, 2.24) is 14.8 Å². The zero-order valence-electron chi connectivity index (χ0n) is 21.0. The molecular weight excluding hydrogens is 502 g/mol. The smallest absolute Gasteiger partial charge is 0.406 e. The standard InChI is InChI=1S/C27H29F4N5O2/c1-32-26(38)17-8-9-23(25(37)13-17)33-11-4-5-18-14-19-21(34-22-10-12-35(2)15-20(22)28)6-3-7-24(19)36(18)16-27(29,30)31/h3,6-9,13-14,20,22,33-34,37H,10-12,15-16H2,1-2H3,(H,32,38)/t20-,22+/m0/s1. The Morgan fingerprint density at radius 3 is 2.66 bits per heavy atom. The van der Waals surface area contributed by atoms with Crippen molar-refractivity contribution in [3.8, 4) is 17.6 Å². The molecule has 1 aliphatic rings. The lowest BCUT2D eigenvalue weighted by Gasteiger charge is -2.33. The van der Waals surface area contributed by atoms with Crippen molar-refractivity contribution in [3.05, 3.63) is 53.7 Å². The van der Waals surface area contributed by atoms with Crippen molar-refractivity contribution in [2.24, 2.45) is 0 Å². The number of nitrogens with one attached hydrogen (secondary N) is 3. The van der Waals surface area contributed by atoms with Gasteiger partial charge in [-0.05, 0) is 55.8 Å². The molecule has 1 saturated heterocycles. The molecule has 0 aliphatic carbocycles. The van der Waals surface area contributed by atoms with E-state index in [0.29, 0.717) is 28.7 Å². The van der Waals surface area contributed by atoms with E-state index < -0.39 is 24.9 Å². The molecule has 11 heteroatoms. The quantitative estimate of drug-likeness (QED) is 0.218. The molecule has 1 fully saturated rings. The number of amides is 1. The zero-order valence-corrected chi connectivity index (χ0v) is 21.0. The Labute approximate surface area is 217 Å². The second kappa shape index (κ2) is 11.2. The fourth-order valence-electron chi connectivity index (χ4n) is 4.52. The van der Waals surface area contributed by atoms with E-state index in [1.54, 1.807) is 24.3 Å². The van der Waals surface area contributed by atoms with E-state index in [4.69, 9.17) is 0 Å². The minimum atomic E-state index is -4.47. The molecule has 4 rings (SSSR count). The van der Waals surface area contributed by atoms with E-state index in [0.717, 1.165) is 11.1 Å². The highest BCUT2D eigenvalue weighted by atomic mass is 19.4. The molecule has 0 unspecified atom stereocenters. The SMILES string of the molecule is CNC(=O)c1ccc(NCC#Cc2cc3c(N[C@@H]4CCN(C)C[C@@H]4F)cccc3n2CC(F)(F)F)c(O)c1. The van der Waals surface area contributed by atoms with Crippen molar-refractivity contribution in [3.63, 3.8) is 0 Å². The topological polar surface area (TPSA) is 81.6 Å². The number of benzene rings is 2. The molecular formula is C27H29F4N5O2. The maximum Gasteiger partial charge on any atom is 0.406 e. The van der Waals surface area contributed by atoms with Crippen LogP contribution in [-0.2, 0) is 6.54 Å². The first-order chi connectivity index (χ1) is 18.1. The average Bonchev–Trinajstić information content (AvgIpc) is 3.20. The summed E-state index contributed by atoms with van der Waals surface area (Å²) in [6.07, 6.45) is -5.00. The van der Waals surface area contributed by atoms with E-state index in [9.17, 15) is 27.5 Å². The highest BCUT2D eigenvalue weighted by molar-refractivity contribution is 5.95. The number of nitrogens with zero attached hydrogens (tertiary/aromatic N) is 2. The van der Waals surface area contributed by atoms with Crippen LogP contribution in [0.4, 0.5) is 28.9 Å². The van der Waals surface area contributed by atoms with Crippen LogP contribution in [0.15, 0.2) is 42.5 Å². The third kappa shape index (κ3) is 6.31. The van der Waals surface area contributed by atoms with Crippen molar-refractivity contribution in [2.75, 3.05) is 44.4 Å². The van der Waals surface area contributed by atoms with Gasteiger partial charge in [-0.1, -0.05) is 12.0 Å². The van der Waals surface area contributed by atoms with Crippen molar-refractivity contribution < 1.29 is 27.5 Å². The van der Waals surface area contributed by atoms with Gasteiger partial charge in [0.05, 0.1) is 29.5 Å². The maximum absolute atomic E-state index is 14.6. The van der Waals surface area contributed by atoms with Crippen LogP contribution in [0.3, 0.4) is 0 Å². The summed E-state index contributed by atoms with van der Waals surface area (Å²) >= 11 is 0. The minimum absolute atomic E-state index is 0.0324. The third-order valence-electron chi connectivity index (χ3n) is 6.44. The maximum atomic E-state index is 14.6. The van der Waals surface area contributed by atoms with Crippen molar-refractivity contribution in [1.29, 1.82) is 0 Å². The fourth-order valence-corrected chi connectivity index (χ4v) is 4.52. The Bertz CT molecular complexity index is 1380. The van der Waals surface area contributed by atoms with Gasteiger partial charge < -0.3 is 30.5 Å². The largest absolute Gasteiger partial charge is 0.506 e. The number of aromatic hydroxyl groups is 1. The number of piperidine rings is 1. The Morgan fingerprint density at radius 1 is 1.18 bits per heavy atom. The number of rotatable bonds is 6. The highest BCUT2D eigenvalue weighted by Gasteiger charge is 2.31. The first-order valence-corrected chi connectivity index (χ1v) is 12.1. The number of phenolic OH excluding ortho intramolecular Hbond substituents is 1. The summed E-state index contributed by atoms with van der Waals surface area (Å²) in [5.41, 5.74) is 1.67. The van der Waals surface area contributed by atoms with Gasteiger partial charge in [0, 0.05) is 36.8 Å². The Kier molecular flexibility index (Phi) is 8.02. The van der Waals surface area contributed by atoms with Gasteiger partial charge in [0.2, 0.25) is 0 Å². The normalized spacial score (nSPS) is 18.1. The van der Waals surface area contributed by atoms with Gasteiger partial charge in [0.25, 0.3) is 5.91 Å². The van der Waals surface area contributed by atoms with Crippen LogP contribution in [0.25, 0.3) is 10.9 Å². The summed E-state index contributed by atoms with van der Waals surface area (Å²) in [6, 6.07) is 10.4. The lowest BCUT2D eigenvalue weighted by molar-refractivity contribution is -0.140. The number of halogens is 4. The lowest BCUT2D eigenvalue weighted by Crippen LogP contribution is -2.46. The second-order valence-corrected chi connectivity index (χ2v) is 9.25. The molecule has 2 aromatic carbocycles. The van der Waals surface area contributed by atoms with Crippen LogP contribution >= 0.6 is 0 Å². The van der Waals surface area contributed by atoms with Crippen LogP contribution in [0.5, 0.6) is 5.75 Å². The number of carbonyl (C=O) groups excluding carboxylic acids is 1. The molecule has 0 bridgehead atoms. The Balaban J connectivity index is 1.58. The van der Waals surface area contributed by atoms with E-state index >= 15 is 0 Å². The molecule has 0 spiro atoms. The van der Waals surface area contributed by atoms with Gasteiger partial charge in [-0.2, -0.15) is 13.2 Å². The number of fused-ring (bicyclic) bond motifs is 1. The molecule has 0 radical (unpaired) electrons. The lowest BCUT2D eigenvalue weighted by atomic mass is 10.0. The molecule has 3 aromatic rings. The summed E-state index contributed by atoms with van der Waals surface area (Å²) in [5.74, 6) is 5.09. The van der Waals surface area contributed by atoms with Crippen LogP contribution in [0.1, 0.15) is 22.5 Å². The molecule has 4 N–H and O–H groups in total. The minimum Gasteiger partial charge on any atom is -0.506 e.